The lowest BCUT2D eigenvalue weighted by Gasteiger charge is -2.11. The molecule has 4 nitrogen and oxygen atoms in total. The maximum absolute atomic E-state index is 9.57. The van der Waals surface area contributed by atoms with Crippen molar-refractivity contribution >= 4 is 10.8 Å². The van der Waals surface area contributed by atoms with Crippen LogP contribution in [0.15, 0.2) is 146 Å². The summed E-state index contributed by atoms with van der Waals surface area (Å²) in [4.78, 5) is 14.5. The number of benzene rings is 6. The van der Waals surface area contributed by atoms with Crippen LogP contribution in [-0.2, 0) is 0 Å². The van der Waals surface area contributed by atoms with E-state index in [0.717, 1.165) is 49.7 Å². The van der Waals surface area contributed by atoms with Crippen molar-refractivity contribution in [2.75, 3.05) is 0 Å². The van der Waals surface area contributed by atoms with E-state index < -0.39 is 0 Å². The van der Waals surface area contributed by atoms with E-state index in [2.05, 4.69) is 66.7 Å². The van der Waals surface area contributed by atoms with Gasteiger partial charge in [0.1, 0.15) is 0 Å². The van der Waals surface area contributed by atoms with Crippen LogP contribution in [0.3, 0.4) is 0 Å². The van der Waals surface area contributed by atoms with E-state index in [1.165, 1.54) is 0 Å². The summed E-state index contributed by atoms with van der Waals surface area (Å²) in [5, 5.41) is 11.9. The lowest BCUT2D eigenvalue weighted by molar-refractivity contribution is 1.07. The first-order valence-corrected chi connectivity index (χ1v) is 13.8. The first-order chi connectivity index (χ1) is 20.8. The Bertz CT molecular complexity index is 2020. The Morgan fingerprint density at radius 2 is 0.905 bits per heavy atom. The van der Waals surface area contributed by atoms with Crippen LogP contribution in [0, 0.1) is 11.3 Å². The number of nitrogens with zero attached hydrogens (tertiary/aromatic N) is 4. The van der Waals surface area contributed by atoms with Gasteiger partial charge in [0.05, 0.1) is 11.6 Å². The predicted molar refractivity (Wildman–Crippen MR) is 169 cm³/mol. The normalized spacial score (nSPS) is 10.8. The minimum atomic E-state index is 0.632. The van der Waals surface area contributed by atoms with Crippen molar-refractivity contribution in [2.24, 2.45) is 0 Å². The number of nitriles is 1. The zero-order chi connectivity index (χ0) is 28.3. The molecule has 0 saturated carbocycles. The van der Waals surface area contributed by atoms with E-state index >= 15 is 0 Å². The summed E-state index contributed by atoms with van der Waals surface area (Å²) in [5.74, 6) is 1.92. The molecule has 1 aromatic heterocycles. The highest BCUT2D eigenvalue weighted by Crippen LogP contribution is 2.34. The van der Waals surface area contributed by atoms with Gasteiger partial charge in [-0.05, 0) is 45.2 Å². The lowest BCUT2D eigenvalue weighted by Crippen LogP contribution is -2.00. The third kappa shape index (κ3) is 4.81. The largest absolute Gasteiger partial charge is 0.208 e. The van der Waals surface area contributed by atoms with Gasteiger partial charge < -0.3 is 0 Å². The smallest absolute Gasteiger partial charge is 0.164 e. The first kappa shape index (κ1) is 25.1. The summed E-state index contributed by atoms with van der Waals surface area (Å²) >= 11 is 0. The van der Waals surface area contributed by atoms with Crippen molar-refractivity contribution in [3.8, 4) is 62.5 Å². The van der Waals surface area contributed by atoms with E-state index in [1.807, 2.05) is 84.9 Å². The molecule has 0 unspecified atom stereocenters. The molecule has 0 fully saturated rings. The number of hydrogen-bond acceptors (Lipinski definition) is 4. The van der Waals surface area contributed by atoms with Crippen molar-refractivity contribution in [2.45, 2.75) is 0 Å². The monoisotopic (exact) mass is 536 g/mol. The molecule has 0 spiro atoms. The van der Waals surface area contributed by atoms with Crippen molar-refractivity contribution < 1.29 is 0 Å². The van der Waals surface area contributed by atoms with Crippen LogP contribution in [0.25, 0.3) is 67.2 Å². The second kappa shape index (κ2) is 10.9. The Morgan fingerprint density at radius 3 is 1.52 bits per heavy atom. The molecule has 0 radical (unpaired) electrons. The molecule has 0 N–H and O–H groups in total. The molecule has 4 heteroatoms. The maximum Gasteiger partial charge on any atom is 0.164 e. The van der Waals surface area contributed by atoms with Gasteiger partial charge in [0.25, 0.3) is 0 Å². The maximum atomic E-state index is 9.57. The van der Waals surface area contributed by atoms with Crippen LogP contribution >= 0.6 is 0 Å². The zero-order valence-corrected chi connectivity index (χ0v) is 22.6. The van der Waals surface area contributed by atoms with E-state index in [9.17, 15) is 5.26 Å². The van der Waals surface area contributed by atoms with Crippen LogP contribution < -0.4 is 0 Å². The third-order valence-corrected chi connectivity index (χ3v) is 7.39. The fraction of sp³-hybridized carbons (Fsp3) is 0. The molecule has 0 amide bonds. The summed E-state index contributed by atoms with van der Waals surface area (Å²) < 4.78 is 0. The topological polar surface area (TPSA) is 62.5 Å². The summed E-state index contributed by atoms with van der Waals surface area (Å²) in [6.07, 6.45) is 0. The summed E-state index contributed by atoms with van der Waals surface area (Å²) in [7, 11) is 0. The fourth-order valence-electron chi connectivity index (χ4n) is 5.27. The molecule has 0 aliphatic heterocycles. The van der Waals surface area contributed by atoms with Crippen LogP contribution in [0.4, 0.5) is 0 Å². The fourth-order valence-corrected chi connectivity index (χ4v) is 5.27. The van der Waals surface area contributed by atoms with E-state index in [-0.39, 0.29) is 0 Å². The number of aromatic nitrogens is 3. The van der Waals surface area contributed by atoms with Gasteiger partial charge >= 0.3 is 0 Å². The minimum Gasteiger partial charge on any atom is -0.208 e. The lowest BCUT2D eigenvalue weighted by atomic mass is 9.93. The molecule has 0 aliphatic rings. The summed E-state index contributed by atoms with van der Waals surface area (Å²) in [5.41, 5.74) is 7.72. The molecule has 0 saturated heterocycles. The highest BCUT2D eigenvalue weighted by molar-refractivity contribution is 5.99. The van der Waals surface area contributed by atoms with E-state index in [1.54, 1.807) is 0 Å². The number of hydrogen-bond donors (Lipinski definition) is 0. The van der Waals surface area contributed by atoms with Gasteiger partial charge in [-0.15, -0.1) is 0 Å². The van der Waals surface area contributed by atoms with Crippen LogP contribution in [0.2, 0.25) is 0 Å². The second-order valence-electron chi connectivity index (χ2n) is 10.0. The molecule has 1 heterocycles. The highest BCUT2D eigenvalue weighted by atomic mass is 15.0. The Balaban J connectivity index is 1.28. The summed E-state index contributed by atoms with van der Waals surface area (Å²) in [6, 6.07) is 51.2. The van der Waals surface area contributed by atoms with E-state index in [4.69, 9.17) is 15.0 Å². The van der Waals surface area contributed by atoms with Crippen LogP contribution in [0.5, 0.6) is 0 Å². The van der Waals surface area contributed by atoms with Crippen molar-refractivity contribution in [1.82, 2.24) is 15.0 Å². The molecular weight excluding hydrogens is 512 g/mol. The van der Waals surface area contributed by atoms with E-state index in [0.29, 0.717) is 23.0 Å². The van der Waals surface area contributed by atoms with Gasteiger partial charge in [-0.3, -0.25) is 0 Å². The molecule has 7 rings (SSSR count). The molecule has 196 valence electrons. The Labute approximate surface area is 244 Å². The Hall–Kier alpha value is -5.92. The highest BCUT2D eigenvalue weighted by Gasteiger charge is 2.13. The zero-order valence-electron chi connectivity index (χ0n) is 22.6. The molecule has 42 heavy (non-hydrogen) atoms. The average molecular weight is 537 g/mol. The van der Waals surface area contributed by atoms with Gasteiger partial charge in [-0.25, -0.2) is 15.0 Å². The van der Waals surface area contributed by atoms with Crippen molar-refractivity contribution in [1.29, 1.82) is 5.26 Å². The third-order valence-electron chi connectivity index (χ3n) is 7.39. The SMILES string of the molecule is N#Cc1ccccc1-c1ccc2c(-c3ccc(-c4nc(-c5ccccc5)nc(-c5ccccc5)n4)cc3)cccc2c1. The Kier molecular flexibility index (Phi) is 6.52. The van der Waals surface area contributed by atoms with Crippen LogP contribution in [-0.4, -0.2) is 15.0 Å². The van der Waals surface area contributed by atoms with Gasteiger partial charge in [0, 0.05) is 16.7 Å². The molecule has 0 atom stereocenters. The van der Waals surface area contributed by atoms with Gasteiger partial charge in [0.15, 0.2) is 17.5 Å². The quantitative estimate of drug-likeness (QED) is 0.220. The van der Waals surface area contributed by atoms with Gasteiger partial charge in [0.2, 0.25) is 0 Å². The number of fused-ring (bicyclic) bond motifs is 1. The molecule has 7 aromatic rings. The predicted octanol–water partition coefficient (Wildman–Crippen LogP) is 9.23. The average Bonchev–Trinajstić information content (AvgIpc) is 3.08. The van der Waals surface area contributed by atoms with Crippen LogP contribution in [0.1, 0.15) is 5.56 Å². The molecule has 0 bridgehead atoms. The molecular formula is C38H24N4. The molecule has 0 aliphatic carbocycles. The minimum absolute atomic E-state index is 0.632. The second-order valence-corrected chi connectivity index (χ2v) is 10.0. The number of rotatable bonds is 5. The van der Waals surface area contributed by atoms with Crippen molar-refractivity contribution in [3.63, 3.8) is 0 Å². The standard InChI is InChI=1S/C38H24N4/c39-25-32-14-7-8-16-33(32)31-22-23-35-30(24-31)15-9-17-34(35)26-18-20-29(21-19-26)38-41-36(27-10-3-1-4-11-27)40-37(42-38)28-12-5-2-6-13-28/h1-24H. The van der Waals surface area contributed by atoms with Crippen molar-refractivity contribution in [3.05, 3.63) is 151 Å². The first-order valence-electron chi connectivity index (χ1n) is 13.8. The van der Waals surface area contributed by atoms with Gasteiger partial charge in [-0.2, -0.15) is 5.26 Å². The summed E-state index contributed by atoms with van der Waals surface area (Å²) in [6.45, 7) is 0. The molecule has 6 aromatic carbocycles. The van der Waals surface area contributed by atoms with Gasteiger partial charge in [-0.1, -0.05) is 133 Å². The Morgan fingerprint density at radius 1 is 0.405 bits per heavy atom.